The SMILES string of the molecule is CCCCCCOc1c(OCCCCCC)c(=O)c1=O. The van der Waals surface area contributed by atoms with Crippen LogP contribution >= 0.6 is 0 Å². The molecule has 0 unspecified atom stereocenters. The molecule has 0 saturated carbocycles. The molecular formula is C16H26O4. The van der Waals surface area contributed by atoms with Gasteiger partial charge >= 0.3 is 0 Å². The van der Waals surface area contributed by atoms with Crippen molar-refractivity contribution >= 4 is 0 Å². The van der Waals surface area contributed by atoms with E-state index in [1.165, 1.54) is 0 Å². The Morgan fingerprint density at radius 2 is 1.05 bits per heavy atom. The van der Waals surface area contributed by atoms with Crippen LogP contribution in [0.2, 0.25) is 0 Å². The Balaban J connectivity index is 2.30. The highest BCUT2D eigenvalue weighted by atomic mass is 16.5. The van der Waals surface area contributed by atoms with E-state index in [9.17, 15) is 9.59 Å². The fourth-order valence-electron chi connectivity index (χ4n) is 2.02. The summed E-state index contributed by atoms with van der Waals surface area (Å²) in [5, 5.41) is 0. The summed E-state index contributed by atoms with van der Waals surface area (Å²) >= 11 is 0. The minimum Gasteiger partial charge on any atom is -0.486 e. The lowest BCUT2D eigenvalue weighted by Gasteiger charge is -2.13. The van der Waals surface area contributed by atoms with Crippen LogP contribution in [0, 0.1) is 0 Å². The lowest BCUT2D eigenvalue weighted by Crippen LogP contribution is -2.34. The summed E-state index contributed by atoms with van der Waals surface area (Å²) in [5.74, 6) is 0.281. The Labute approximate surface area is 120 Å². The number of rotatable bonds is 12. The van der Waals surface area contributed by atoms with E-state index in [0.29, 0.717) is 13.2 Å². The number of unbranched alkanes of at least 4 members (excludes halogenated alkanes) is 6. The maximum absolute atomic E-state index is 11.4. The Kier molecular flexibility index (Phi) is 8.00. The minimum atomic E-state index is -0.538. The molecular weight excluding hydrogens is 256 g/mol. The molecule has 0 heterocycles. The summed E-state index contributed by atoms with van der Waals surface area (Å²) in [6.07, 6.45) is 8.62. The van der Waals surface area contributed by atoms with E-state index >= 15 is 0 Å². The molecule has 0 aliphatic carbocycles. The topological polar surface area (TPSA) is 52.6 Å². The van der Waals surface area contributed by atoms with E-state index in [-0.39, 0.29) is 11.5 Å². The Bertz CT molecular complexity index is 402. The van der Waals surface area contributed by atoms with E-state index in [1.54, 1.807) is 0 Å². The molecule has 0 spiro atoms. The van der Waals surface area contributed by atoms with Gasteiger partial charge < -0.3 is 9.47 Å². The molecule has 0 N–H and O–H groups in total. The van der Waals surface area contributed by atoms with E-state index in [1.807, 2.05) is 0 Å². The van der Waals surface area contributed by atoms with Crippen LogP contribution in [-0.4, -0.2) is 13.2 Å². The fourth-order valence-corrected chi connectivity index (χ4v) is 2.02. The summed E-state index contributed by atoms with van der Waals surface area (Å²) < 4.78 is 10.8. The molecule has 0 aromatic heterocycles. The average molecular weight is 282 g/mol. The zero-order chi connectivity index (χ0) is 14.8. The van der Waals surface area contributed by atoms with Crippen LogP contribution in [0.4, 0.5) is 0 Å². The first-order valence-electron chi connectivity index (χ1n) is 7.81. The average Bonchev–Trinajstić information content (AvgIpc) is 2.47. The number of ether oxygens (including phenoxy) is 2. The normalized spacial score (nSPS) is 10.9. The van der Waals surface area contributed by atoms with Gasteiger partial charge in [0.15, 0.2) is 0 Å². The number of hydrogen-bond donors (Lipinski definition) is 0. The zero-order valence-corrected chi connectivity index (χ0v) is 12.7. The van der Waals surface area contributed by atoms with Crippen LogP contribution in [0.5, 0.6) is 11.5 Å². The first-order chi connectivity index (χ1) is 9.72. The van der Waals surface area contributed by atoms with Gasteiger partial charge in [-0.25, -0.2) is 0 Å². The quantitative estimate of drug-likeness (QED) is 0.436. The van der Waals surface area contributed by atoms with Gasteiger partial charge in [0, 0.05) is 0 Å². The maximum atomic E-state index is 11.4. The third kappa shape index (κ3) is 4.99. The Hall–Kier alpha value is -1.32. The van der Waals surface area contributed by atoms with E-state index < -0.39 is 10.9 Å². The van der Waals surface area contributed by atoms with Crippen molar-refractivity contribution in [2.45, 2.75) is 65.2 Å². The predicted molar refractivity (Wildman–Crippen MR) is 80.6 cm³/mol. The predicted octanol–water partition coefficient (Wildman–Crippen LogP) is 3.20. The smallest absolute Gasteiger partial charge is 0.275 e. The lowest BCUT2D eigenvalue weighted by atomic mass is 10.2. The van der Waals surface area contributed by atoms with Crippen LogP contribution in [0.25, 0.3) is 0 Å². The van der Waals surface area contributed by atoms with Crippen molar-refractivity contribution in [1.29, 1.82) is 0 Å². The van der Waals surface area contributed by atoms with Crippen molar-refractivity contribution in [3.63, 3.8) is 0 Å². The van der Waals surface area contributed by atoms with Crippen molar-refractivity contribution < 1.29 is 9.47 Å². The Morgan fingerprint density at radius 1 is 0.650 bits per heavy atom. The van der Waals surface area contributed by atoms with Gasteiger partial charge in [0.05, 0.1) is 13.2 Å². The van der Waals surface area contributed by atoms with Gasteiger partial charge in [-0.05, 0) is 12.8 Å². The molecule has 1 rings (SSSR count). The molecule has 114 valence electrons. The van der Waals surface area contributed by atoms with Gasteiger partial charge in [-0.1, -0.05) is 52.4 Å². The van der Waals surface area contributed by atoms with Crippen molar-refractivity contribution in [3.8, 4) is 11.5 Å². The van der Waals surface area contributed by atoms with Crippen LogP contribution in [0.3, 0.4) is 0 Å². The molecule has 0 amide bonds. The third-order valence-corrected chi connectivity index (χ3v) is 3.31. The molecule has 0 saturated heterocycles. The van der Waals surface area contributed by atoms with Crippen molar-refractivity contribution in [2.24, 2.45) is 0 Å². The molecule has 1 aromatic rings. The highest BCUT2D eigenvalue weighted by molar-refractivity contribution is 5.45. The minimum absolute atomic E-state index is 0.141. The summed E-state index contributed by atoms with van der Waals surface area (Å²) in [5.41, 5.74) is -1.08. The first kappa shape index (κ1) is 16.7. The standard InChI is InChI=1S/C16H26O4/c1-3-5-7-9-11-19-15-13(17)14(18)16(15)20-12-10-8-6-4-2/h3-12H2,1-2H3. The summed E-state index contributed by atoms with van der Waals surface area (Å²) in [6, 6.07) is 0. The molecule has 1 aromatic carbocycles. The lowest BCUT2D eigenvalue weighted by molar-refractivity contribution is 0.247. The monoisotopic (exact) mass is 282 g/mol. The first-order valence-corrected chi connectivity index (χ1v) is 7.81. The summed E-state index contributed by atoms with van der Waals surface area (Å²) in [6.45, 7) is 5.25. The highest BCUT2D eigenvalue weighted by Gasteiger charge is 2.24. The highest BCUT2D eigenvalue weighted by Crippen LogP contribution is 2.21. The van der Waals surface area contributed by atoms with Gasteiger partial charge in [-0.3, -0.25) is 9.59 Å². The molecule has 0 radical (unpaired) electrons. The Morgan fingerprint density at radius 3 is 1.40 bits per heavy atom. The van der Waals surface area contributed by atoms with E-state index in [4.69, 9.17) is 9.47 Å². The second-order valence-corrected chi connectivity index (χ2v) is 5.13. The molecule has 20 heavy (non-hydrogen) atoms. The maximum Gasteiger partial charge on any atom is 0.275 e. The van der Waals surface area contributed by atoms with Gasteiger partial charge in [0.1, 0.15) is 0 Å². The van der Waals surface area contributed by atoms with Crippen LogP contribution < -0.4 is 20.3 Å². The zero-order valence-electron chi connectivity index (χ0n) is 12.7. The summed E-state index contributed by atoms with van der Waals surface area (Å²) in [7, 11) is 0. The number of hydrogen-bond acceptors (Lipinski definition) is 4. The van der Waals surface area contributed by atoms with E-state index in [2.05, 4.69) is 13.8 Å². The van der Waals surface area contributed by atoms with Crippen LogP contribution in [-0.2, 0) is 0 Å². The van der Waals surface area contributed by atoms with Crippen molar-refractivity contribution in [2.75, 3.05) is 13.2 Å². The van der Waals surface area contributed by atoms with Crippen molar-refractivity contribution in [3.05, 3.63) is 20.4 Å². The molecule has 0 bridgehead atoms. The van der Waals surface area contributed by atoms with Gasteiger partial charge in [-0.15, -0.1) is 0 Å². The third-order valence-electron chi connectivity index (χ3n) is 3.31. The molecule has 0 aliphatic rings. The second kappa shape index (κ2) is 9.56. The van der Waals surface area contributed by atoms with Gasteiger partial charge in [0.2, 0.25) is 11.5 Å². The van der Waals surface area contributed by atoms with Crippen LogP contribution in [0.1, 0.15) is 65.2 Å². The molecule has 4 nitrogen and oxygen atoms in total. The summed E-state index contributed by atoms with van der Waals surface area (Å²) in [4.78, 5) is 22.8. The fraction of sp³-hybridized carbons (Fsp3) is 0.750. The second-order valence-electron chi connectivity index (χ2n) is 5.13. The largest absolute Gasteiger partial charge is 0.486 e. The molecule has 0 atom stereocenters. The van der Waals surface area contributed by atoms with Gasteiger partial charge in [-0.2, -0.15) is 0 Å². The van der Waals surface area contributed by atoms with Crippen LogP contribution in [0.15, 0.2) is 9.59 Å². The van der Waals surface area contributed by atoms with Gasteiger partial charge in [0.25, 0.3) is 10.9 Å². The molecule has 4 heteroatoms. The van der Waals surface area contributed by atoms with Crippen molar-refractivity contribution in [1.82, 2.24) is 0 Å². The van der Waals surface area contributed by atoms with E-state index in [0.717, 1.165) is 51.4 Å². The molecule has 0 aliphatic heterocycles. The molecule has 0 fully saturated rings.